The van der Waals surface area contributed by atoms with Gasteiger partial charge in [-0.1, -0.05) is 34.6 Å². The van der Waals surface area contributed by atoms with Crippen LogP contribution in [0.5, 0.6) is 0 Å². The van der Waals surface area contributed by atoms with Crippen molar-refractivity contribution in [2.45, 2.75) is 98.1 Å². The van der Waals surface area contributed by atoms with Gasteiger partial charge in [-0.3, -0.25) is 24.0 Å². The Morgan fingerprint density at radius 2 is 1.06 bits per heavy atom. The van der Waals surface area contributed by atoms with Crippen molar-refractivity contribution in [3.8, 4) is 0 Å². The van der Waals surface area contributed by atoms with Crippen LogP contribution in [0.2, 0.25) is 0 Å². The highest BCUT2D eigenvalue weighted by Crippen LogP contribution is 2.29. The third-order valence-electron chi connectivity index (χ3n) is 4.14. The summed E-state index contributed by atoms with van der Waals surface area (Å²) in [6.45, 7) is 8.90. The van der Waals surface area contributed by atoms with Crippen molar-refractivity contribution in [2.75, 3.05) is 6.61 Å². The Bertz CT molecular complexity index is 610. The molecule has 31 heavy (non-hydrogen) atoms. The molecule has 0 fully saturated rings. The lowest BCUT2D eigenvalue weighted by Gasteiger charge is -2.38. The van der Waals surface area contributed by atoms with Crippen LogP contribution in [0.4, 0.5) is 0 Å². The zero-order valence-corrected chi connectivity index (χ0v) is 19.2. The summed E-state index contributed by atoms with van der Waals surface area (Å²) in [4.78, 5) is 59.8. The topological polar surface area (TPSA) is 132 Å². The molecule has 0 aromatic carbocycles. The summed E-state index contributed by atoms with van der Waals surface area (Å²) in [5.74, 6) is -5.31. The van der Waals surface area contributed by atoms with Crippen LogP contribution in [0, 0.1) is 0 Å². The van der Waals surface area contributed by atoms with Gasteiger partial charge >= 0.3 is 29.8 Å². The highest BCUT2D eigenvalue weighted by molar-refractivity contribution is 5.73. The monoisotopic (exact) mass is 446 g/mol. The number of esters is 5. The van der Waals surface area contributed by atoms with E-state index in [1.165, 1.54) is 20.8 Å². The quantitative estimate of drug-likeness (QED) is 0.223. The number of carbonyl (C=O) groups is 5. The first kappa shape index (κ1) is 28.4. The fraction of sp³-hybridized carbons (Fsp3) is 0.762. The van der Waals surface area contributed by atoms with E-state index < -0.39 is 47.8 Å². The molecule has 0 heterocycles. The lowest BCUT2D eigenvalue weighted by Crippen LogP contribution is -2.56. The van der Waals surface area contributed by atoms with Gasteiger partial charge in [0.15, 0.2) is 0 Å². The second-order valence-corrected chi connectivity index (χ2v) is 6.68. The molecule has 0 aliphatic heterocycles. The van der Waals surface area contributed by atoms with E-state index in [2.05, 4.69) is 0 Å². The number of rotatable bonds is 14. The molecule has 0 aliphatic carbocycles. The van der Waals surface area contributed by atoms with Gasteiger partial charge in [0.2, 0.25) is 6.10 Å². The van der Waals surface area contributed by atoms with Crippen LogP contribution >= 0.6 is 0 Å². The summed E-state index contributed by atoms with van der Waals surface area (Å²) < 4.78 is 26.6. The second-order valence-electron chi connectivity index (χ2n) is 6.68. The van der Waals surface area contributed by atoms with Crippen molar-refractivity contribution >= 4 is 29.8 Å². The normalized spacial score (nSPS) is 12.8. The summed E-state index contributed by atoms with van der Waals surface area (Å²) in [6.07, 6.45) is -2.73. The maximum absolute atomic E-state index is 12.1. The molecule has 2 unspecified atom stereocenters. The second kappa shape index (κ2) is 14.4. The van der Waals surface area contributed by atoms with E-state index in [9.17, 15) is 24.0 Å². The molecule has 0 aliphatic rings. The molecular weight excluding hydrogens is 412 g/mol. The molecule has 0 spiro atoms. The molecule has 0 N–H and O–H groups in total. The molecule has 10 nitrogen and oxygen atoms in total. The van der Waals surface area contributed by atoms with Gasteiger partial charge in [0.25, 0.3) is 5.79 Å². The molecule has 2 atom stereocenters. The van der Waals surface area contributed by atoms with Crippen molar-refractivity contribution in [1.29, 1.82) is 0 Å². The SMILES string of the molecule is CCC(=O)OCCC(OC(=O)CC)C(OC(=O)CC)C(C)(OC(=O)CC)OC(=O)CC. The molecule has 0 amide bonds. The fourth-order valence-electron chi connectivity index (χ4n) is 2.39. The van der Waals surface area contributed by atoms with Gasteiger partial charge in [-0.25, -0.2) is 0 Å². The smallest absolute Gasteiger partial charge is 0.308 e. The van der Waals surface area contributed by atoms with Gasteiger partial charge < -0.3 is 23.7 Å². The Balaban J connectivity index is 6.14. The summed E-state index contributed by atoms with van der Waals surface area (Å²) in [6, 6.07) is 0. The summed E-state index contributed by atoms with van der Waals surface area (Å²) in [7, 11) is 0. The molecule has 10 heteroatoms. The minimum atomic E-state index is -2.07. The number of carbonyl (C=O) groups excluding carboxylic acids is 5. The van der Waals surface area contributed by atoms with Crippen molar-refractivity contribution in [3.63, 3.8) is 0 Å². The molecule has 178 valence electrons. The third kappa shape index (κ3) is 10.3. The average molecular weight is 446 g/mol. The van der Waals surface area contributed by atoms with Gasteiger partial charge in [-0.05, 0) is 0 Å². The Kier molecular flexibility index (Phi) is 13.1. The van der Waals surface area contributed by atoms with Crippen LogP contribution in [0.1, 0.15) is 80.1 Å². The number of hydrogen-bond donors (Lipinski definition) is 0. The lowest BCUT2D eigenvalue weighted by atomic mass is 10.0. The average Bonchev–Trinajstić information content (AvgIpc) is 2.75. The van der Waals surface area contributed by atoms with Crippen LogP contribution in [-0.4, -0.2) is 54.4 Å². The first-order valence-electron chi connectivity index (χ1n) is 10.5. The van der Waals surface area contributed by atoms with E-state index in [1.807, 2.05) is 0 Å². The van der Waals surface area contributed by atoms with Gasteiger partial charge in [-0.2, -0.15) is 0 Å². The summed E-state index contributed by atoms with van der Waals surface area (Å²) in [5.41, 5.74) is 0. The molecule has 0 radical (unpaired) electrons. The minimum absolute atomic E-state index is 0.0138. The number of ether oxygens (including phenoxy) is 5. The highest BCUT2D eigenvalue weighted by atomic mass is 16.8. The maximum atomic E-state index is 12.1. The van der Waals surface area contributed by atoms with E-state index in [4.69, 9.17) is 23.7 Å². The summed E-state index contributed by atoms with van der Waals surface area (Å²) in [5, 5.41) is 0. The van der Waals surface area contributed by atoms with Crippen molar-refractivity contribution in [1.82, 2.24) is 0 Å². The predicted molar refractivity (Wildman–Crippen MR) is 107 cm³/mol. The molecule has 0 aromatic heterocycles. The van der Waals surface area contributed by atoms with Crippen molar-refractivity contribution in [2.24, 2.45) is 0 Å². The van der Waals surface area contributed by atoms with E-state index in [-0.39, 0.29) is 45.1 Å². The van der Waals surface area contributed by atoms with Crippen LogP contribution < -0.4 is 0 Å². The van der Waals surface area contributed by atoms with Gasteiger partial charge in [0, 0.05) is 45.4 Å². The maximum Gasteiger partial charge on any atom is 0.308 e. The number of hydrogen-bond acceptors (Lipinski definition) is 10. The largest absolute Gasteiger partial charge is 0.466 e. The standard InChI is InChI=1S/C21H34O10/c1-7-15(22)27-13-12-14(28-16(23)8-2)20(29-17(24)9-3)21(6,30-18(25)10-4)31-19(26)11-5/h14,20H,7-13H2,1-6H3. The fourth-order valence-corrected chi connectivity index (χ4v) is 2.39. The van der Waals surface area contributed by atoms with E-state index in [1.54, 1.807) is 20.8 Å². The Morgan fingerprint density at radius 3 is 1.48 bits per heavy atom. The zero-order valence-electron chi connectivity index (χ0n) is 19.2. The van der Waals surface area contributed by atoms with E-state index >= 15 is 0 Å². The lowest BCUT2D eigenvalue weighted by molar-refractivity contribution is -0.273. The first-order chi connectivity index (χ1) is 14.6. The molecular formula is C21H34O10. The van der Waals surface area contributed by atoms with E-state index in [0.717, 1.165) is 0 Å². The Morgan fingerprint density at radius 1 is 0.645 bits per heavy atom. The molecule has 0 saturated carbocycles. The Labute approximate surface area is 182 Å². The van der Waals surface area contributed by atoms with Crippen molar-refractivity contribution < 1.29 is 47.7 Å². The highest BCUT2D eigenvalue weighted by Gasteiger charge is 2.50. The van der Waals surface area contributed by atoms with E-state index in [0.29, 0.717) is 0 Å². The summed E-state index contributed by atoms with van der Waals surface area (Å²) >= 11 is 0. The molecule has 0 rings (SSSR count). The van der Waals surface area contributed by atoms with Gasteiger partial charge in [-0.15, -0.1) is 0 Å². The third-order valence-corrected chi connectivity index (χ3v) is 4.14. The molecule has 0 saturated heterocycles. The van der Waals surface area contributed by atoms with Gasteiger partial charge in [0.05, 0.1) is 6.61 Å². The zero-order chi connectivity index (χ0) is 24.0. The van der Waals surface area contributed by atoms with Crippen molar-refractivity contribution in [3.05, 3.63) is 0 Å². The molecule has 0 aromatic rings. The van der Waals surface area contributed by atoms with Crippen LogP contribution in [-0.2, 0) is 47.7 Å². The van der Waals surface area contributed by atoms with Crippen LogP contribution in [0.25, 0.3) is 0 Å². The predicted octanol–water partition coefficient (Wildman–Crippen LogP) is 2.60. The van der Waals surface area contributed by atoms with Crippen LogP contribution in [0.15, 0.2) is 0 Å². The Hall–Kier alpha value is -2.65. The van der Waals surface area contributed by atoms with Gasteiger partial charge in [0.1, 0.15) is 6.10 Å². The van der Waals surface area contributed by atoms with Crippen LogP contribution in [0.3, 0.4) is 0 Å². The molecule has 0 bridgehead atoms. The first-order valence-corrected chi connectivity index (χ1v) is 10.5. The minimum Gasteiger partial charge on any atom is -0.466 e.